The first-order valence-corrected chi connectivity index (χ1v) is 11.4. The number of piperazine rings is 1. The summed E-state index contributed by atoms with van der Waals surface area (Å²) in [7, 11) is -3.42. The average molecular weight is 463 g/mol. The van der Waals surface area contributed by atoms with Crippen molar-refractivity contribution in [2.75, 3.05) is 56.5 Å². The van der Waals surface area contributed by atoms with Crippen molar-refractivity contribution in [2.24, 2.45) is 5.92 Å². The lowest BCUT2D eigenvalue weighted by atomic mass is 10.1. The van der Waals surface area contributed by atoms with E-state index in [-0.39, 0.29) is 49.5 Å². The van der Waals surface area contributed by atoms with E-state index in [0.29, 0.717) is 31.9 Å². The van der Waals surface area contributed by atoms with Crippen LogP contribution in [0.5, 0.6) is 0 Å². The molecule has 2 aliphatic heterocycles. The summed E-state index contributed by atoms with van der Waals surface area (Å²) < 4.78 is 39.5. The molecule has 0 radical (unpaired) electrons. The van der Waals surface area contributed by atoms with Crippen LogP contribution in [-0.2, 0) is 19.6 Å². The molecule has 2 amide bonds. The molecule has 1 N–H and O–H groups in total. The van der Waals surface area contributed by atoms with E-state index < -0.39 is 21.8 Å². The third-order valence-electron chi connectivity index (χ3n) is 5.47. The molecule has 0 saturated carbocycles. The molecule has 1 atom stereocenters. The lowest BCUT2D eigenvalue weighted by Crippen LogP contribution is -2.50. The van der Waals surface area contributed by atoms with Crippen molar-refractivity contribution in [3.05, 3.63) is 30.1 Å². The third-order valence-corrected chi connectivity index (χ3v) is 7.34. The molecule has 168 valence electrons. The summed E-state index contributed by atoms with van der Waals surface area (Å²) in [6.07, 6.45) is 0.0505. The minimum absolute atomic E-state index is 0. The Morgan fingerprint density at radius 3 is 2.40 bits per heavy atom. The first kappa shape index (κ1) is 24.5. The van der Waals surface area contributed by atoms with Crippen molar-refractivity contribution < 1.29 is 22.4 Å². The zero-order valence-electron chi connectivity index (χ0n) is 16.9. The molecule has 0 aliphatic carbocycles. The Labute approximate surface area is 182 Å². The second-order valence-corrected chi connectivity index (χ2v) is 9.41. The number of sulfonamides is 1. The molecule has 1 aromatic carbocycles. The summed E-state index contributed by atoms with van der Waals surface area (Å²) in [6, 6.07) is 5.53. The number of amides is 2. The number of benzene rings is 1. The topological polar surface area (TPSA) is 90.0 Å². The van der Waals surface area contributed by atoms with Crippen LogP contribution in [0.4, 0.5) is 10.1 Å². The highest BCUT2D eigenvalue weighted by molar-refractivity contribution is 7.89. The van der Waals surface area contributed by atoms with Gasteiger partial charge in [0.25, 0.3) is 0 Å². The Morgan fingerprint density at radius 2 is 1.80 bits per heavy atom. The van der Waals surface area contributed by atoms with Gasteiger partial charge in [-0.25, -0.2) is 12.8 Å². The molecule has 2 aliphatic rings. The zero-order valence-corrected chi connectivity index (χ0v) is 18.6. The summed E-state index contributed by atoms with van der Waals surface area (Å²) >= 11 is 0. The molecular weight excluding hydrogens is 435 g/mol. The van der Waals surface area contributed by atoms with Gasteiger partial charge in [-0.15, -0.1) is 12.4 Å². The molecule has 2 heterocycles. The Balaban J connectivity index is 0.00000320. The Bertz CT molecular complexity index is 845. The van der Waals surface area contributed by atoms with Gasteiger partial charge in [0.2, 0.25) is 21.8 Å². The van der Waals surface area contributed by atoms with Crippen molar-refractivity contribution in [3.63, 3.8) is 0 Å². The van der Waals surface area contributed by atoms with Gasteiger partial charge >= 0.3 is 0 Å². The minimum Gasteiger partial charge on any atom is -0.355 e. The number of carbonyl (C=O) groups is 2. The van der Waals surface area contributed by atoms with Crippen molar-refractivity contribution in [1.29, 1.82) is 0 Å². The van der Waals surface area contributed by atoms with Crippen LogP contribution >= 0.6 is 12.4 Å². The molecular formula is C19H28ClFN4O4S. The zero-order chi connectivity index (χ0) is 21.0. The second kappa shape index (κ2) is 10.5. The smallest absolute Gasteiger partial charge is 0.227 e. The summed E-state index contributed by atoms with van der Waals surface area (Å²) in [5.41, 5.74) is 0.542. The van der Waals surface area contributed by atoms with Gasteiger partial charge in [-0.2, -0.15) is 4.31 Å². The highest BCUT2D eigenvalue weighted by atomic mass is 35.5. The summed E-state index contributed by atoms with van der Waals surface area (Å²) in [6.45, 7) is 5.51. The maximum atomic E-state index is 13.1. The SMILES string of the molecule is CCN1CCN(S(=O)(=O)CCNC(=O)C2CC(=O)N(c3ccc(F)cc3)C2)CC1.Cl. The van der Waals surface area contributed by atoms with E-state index >= 15 is 0 Å². The molecule has 1 unspecified atom stereocenters. The standard InChI is InChI=1S/C19H27FN4O4S.ClH/c1-2-22-8-10-23(11-9-22)29(27,28)12-7-21-19(26)15-13-18(25)24(14-15)17-5-3-16(20)4-6-17;/h3-6,15H,2,7-14H2,1H3,(H,21,26);1H. The van der Waals surface area contributed by atoms with Gasteiger partial charge in [-0.05, 0) is 30.8 Å². The second-order valence-electron chi connectivity index (χ2n) is 7.32. The Kier molecular flexibility index (Phi) is 8.60. The van der Waals surface area contributed by atoms with Gasteiger partial charge in [0.15, 0.2) is 0 Å². The summed E-state index contributed by atoms with van der Waals surface area (Å²) in [5.74, 6) is -1.66. The fraction of sp³-hybridized carbons (Fsp3) is 0.579. The first-order valence-electron chi connectivity index (χ1n) is 9.84. The highest BCUT2D eigenvalue weighted by Crippen LogP contribution is 2.25. The number of likely N-dealkylation sites (N-methyl/N-ethyl adjacent to an activating group) is 1. The number of halogens is 2. The largest absolute Gasteiger partial charge is 0.355 e. The van der Waals surface area contributed by atoms with E-state index in [0.717, 1.165) is 6.54 Å². The van der Waals surface area contributed by atoms with Gasteiger partial charge in [0, 0.05) is 51.4 Å². The number of rotatable bonds is 7. The van der Waals surface area contributed by atoms with Crippen molar-refractivity contribution in [3.8, 4) is 0 Å². The molecule has 3 rings (SSSR count). The molecule has 11 heteroatoms. The van der Waals surface area contributed by atoms with Gasteiger partial charge in [0.05, 0.1) is 11.7 Å². The molecule has 0 aromatic heterocycles. The van der Waals surface area contributed by atoms with Crippen LogP contribution in [0.15, 0.2) is 24.3 Å². The van der Waals surface area contributed by atoms with Crippen LogP contribution in [0.25, 0.3) is 0 Å². The van der Waals surface area contributed by atoms with E-state index in [4.69, 9.17) is 0 Å². The van der Waals surface area contributed by atoms with Crippen LogP contribution in [0.3, 0.4) is 0 Å². The summed E-state index contributed by atoms with van der Waals surface area (Å²) in [5, 5.41) is 2.65. The van der Waals surface area contributed by atoms with E-state index in [1.54, 1.807) is 0 Å². The number of carbonyl (C=O) groups excluding carboxylic acids is 2. The van der Waals surface area contributed by atoms with Gasteiger partial charge in [-0.1, -0.05) is 6.92 Å². The molecule has 8 nitrogen and oxygen atoms in total. The number of hydrogen-bond donors (Lipinski definition) is 1. The number of hydrogen-bond acceptors (Lipinski definition) is 5. The highest BCUT2D eigenvalue weighted by Gasteiger charge is 2.35. The molecule has 2 saturated heterocycles. The molecule has 1 aromatic rings. The Morgan fingerprint density at radius 1 is 1.17 bits per heavy atom. The Hall–Kier alpha value is -1.75. The van der Waals surface area contributed by atoms with Crippen LogP contribution in [0.1, 0.15) is 13.3 Å². The van der Waals surface area contributed by atoms with Crippen LogP contribution in [-0.4, -0.2) is 81.0 Å². The van der Waals surface area contributed by atoms with Crippen molar-refractivity contribution in [2.45, 2.75) is 13.3 Å². The van der Waals surface area contributed by atoms with E-state index in [1.807, 2.05) is 6.92 Å². The number of anilines is 1. The molecule has 30 heavy (non-hydrogen) atoms. The van der Waals surface area contributed by atoms with Crippen LogP contribution in [0.2, 0.25) is 0 Å². The van der Waals surface area contributed by atoms with Crippen molar-refractivity contribution in [1.82, 2.24) is 14.5 Å². The van der Waals surface area contributed by atoms with Crippen LogP contribution in [0, 0.1) is 11.7 Å². The molecule has 0 spiro atoms. The third kappa shape index (κ3) is 5.90. The lowest BCUT2D eigenvalue weighted by Gasteiger charge is -2.33. The maximum Gasteiger partial charge on any atom is 0.227 e. The van der Waals surface area contributed by atoms with Gasteiger partial charge in [-0.3, -0.25) is 9.59 Å². The predicted molar refractivity (Wildman–Crippen MR) is 115 cm³/mol. The monoisotopic (exact) mass is 462 g/mol. The van der Waals surface area contributed by atoms with Gasteiger partial charge < -0.3 is 15.1 Å². The van der Waals surface area contributed by atoms with E-state index in [1.165, 1.54) is 33.5 Å². The number of nitrogens with one attached hydrogen (secondary N) is 1. The molecule has 2 fully saturated rings. The number of nitrogens with zero attached hydrogens (tertiary/aromatic N) is 3. The van der Waals surface area contributed by atoms with E-state index in [2.05, 4.69) is 10.2 Å². The first-order chi connectivity index (χ1) is 13.8. The average Bonchev–Trinajstić information content (AvgIpc) is 3.10. The van der Waals surface area contributed by atoms with Crippen molar-refractivity contribution >= 4 is 39.9 Å². The minimum atomic E-state index is -3.42. The molecule has 0 bridgehead atoms. The van der Waals surface area contributed by atoms with Gasteiger partial charge in [0.1, 0.15) is 5.82 Å². The van der Waals surface area contributed by atoms with E-state index in [9.17, 15) is 22.4 Å². The fourth-order valence-electron chi connectivity index (χ4n) is 3.65. The lowest BCUT2D eigenvalue weighted by molar-refractivity contribution is -0.126. The van der Waals surface area contributed by atoms with Crippen LogP contribution < -0.4 is 10.2 Å². The predicted octanol–water partition coefficient (Wildman–Crippen LogP) is 0.684. The summed E-state index contributed by atoms with van der Waals surface area (Å²) in [4.78, 5) is 28.3. The normalized spacial score (nSPS) is 20.8. The fourth-order valence-corrected chi connectivity index (χ4v) is 4.99. The maximum absolute atomic E-state index is 13.1. The quantitative estimate of drug-likeness (QED) is 0.643.